The molecule has 0 saturated carbocycles. The van der Waals surface area contributed by atoms with E-state index in [-0.39, 0.29) is 5.41 Å². The van der Waals surface area contributed by atoms with E-state index in [9.17, 15) is 0 Å². The smallest absolute Gasteiger partial charge is 0.233 e. The monoisotopic (exact) mass is 305 g/mol. The average Bonchev–Trinajstić information content (AvgIpc) is 2.31. The largest absolute Gasteiger partial charge is 0.438 e. The Kier molecular flexibility index (Phi) is 3.71. The summed E-state index contributed by atoms with van der Waals surface area (Å²) in [5.74, 6) is 1.39. The fraction of sp³-hybridized carbons (Fsp3) is 0.267. The molecule has 2 rings (SSSR count). The summed E-state index contributed by atoms with van der Waals surface area (Å²) >= 11 is 3.42. The third kappa shape index (κ3) is 3.10. The first-order chi connectivity index (χ1) is 8.47. The summed E-state index contributed by atoms with van der Waals surface area (Å²) in [5, 5.41) is 0. The highest BCUT2D eigenvalue weighted by Gasteiger charge is 2.14. The van der Waals surface area contributed by atoms with Gasteiger partial charge >= 0.3 is 0 Å². The Labute approximate surface area is 116 Å². The molecule has 3 heteroatoms. The molecule has 2 nitrogen and oxygen atoms in total. The van der Waals surface area contributed by atoms with E-state index in [1.165, 1.54) is 5.56 Å². The minimum Gasteiger partial charge on any atom is -0.438 e. The normalized spacial score (nSPS) is 11.3. The van der Waals surface area contributed by atoms with Crippen LogP contribution in [0, 0.1) is 0 Å². The van der Waals surface area contributed by atoms with Gasteiger partial charge in [0.2, 0.25) is 5.88 Å². The van der Waals surface area contributed by atoms with Gasteiger partial charge in [-0.15, -0.1) is 0 Å². The number of hydrogen-bond donors (Lipinski definition) is 0. The Morgan fingerprint density at radius 1 is 1.11 bits per heavy atom. The molecule has 0 spiro atoms. The van der Waals surface area contributed by atoms with Crippen molar-refractivity contribution in [1.82, 2.24) is 4.98 Å². The van der Waals surface area contributed by atoms with Crippen LogP contribution in [0.5, 0.6) is 11.6 Å². The van der Waals surface area contributed by atoms with Crippen molar-refractivity contribution in [2.24, 2.45) is 0 Å². The minimum absolute atomic E-state index is 0.112. The predicted molar refractivity (Wildman–Crippen MR) is 77.2 cm³/mol. The van der Waals surface area contributed by atoms with Gasteiger partial charge in [0.25, 0.3) is 0 Å². The molecule has 0 fully saturated rings. The van der Waals surface area contributed by atoms with Crippen molar-refractivity contribution in [3.8, 4) is 11.6 Å². The second-order valence-corrected chi connectivity index (χ2v) is 6.02. The molecule has 94 valence electrons. The molecule has 1 aromatic heterocycles. The van der Waals surface area contributed by atoms with Gasteiger partial charge in [0, 0.05) is 6.20 Å². The summed E-state index contributed by atoms with van der Waals surface area (Å²) in [4.78, 5) is 4.20. The first kappa shape index (κ1) is 13.1. The lowest BCUT2D eigenvalue weighted by Gasteiger charge is -2.19. The van der Waals surface area contributed by atoms with Gasteiger partial charge in [-0.05, 0) is 51.2 Å². The van der Waals surface area contributed by atoms with E-state index in [0.29, 0.717) is 5.88 Å². The van der Waals surface area contributed by atoms with E-state index in [0.717, 1.165) is 10.2 Å². The zero-order valence-corrected chi connectivity index (χ0v) is 12.4. The van der Waals surface area contributed by atoms with E-state index in [1.54, 1.807) is 6.20 Å². The summed E-state index contributed by atoms with van der Waals surface area (Å²) in [5.41, 5.74) is 1.35. The van der Waals surface area contributed by atoms with Crippen molar-refractivity contribution in [2.75, 3.05) is 0 Å². The SMILES string of the molecule is CC(C)(C)c1cccc(Oc2ncccc2Br)c1. The van der Waals surface area contributed by atoms with Crippen molar-refractivity contribution >= 4 is 15.9 Å². The maximum Gasteiger partial charge on any atom is 0.233 e. The van der Waals surface area contributed by atoms with E-state index in [2.05, 4.69) is 53.8 Å². The molecule has 0 bridgehead atoms. The Morgan fingerprint density at radius 3 is 2.56 bits per heavy atom. The van der Waals surface area contributed by atoms with Gasteiger partial charge in [-0.3, -0.25) is 0 Å². The zero-order valence-electron chi connectivity index (χ0n) is 10.8. The first-order valence-corrected chi connectivity index (χ1v) is 6.65. The highest BCUT2D eigenvalue weighted by Crippen LogP contribution is 2.30. The highest BCUT2D eigenvalue weighted by molar-refractivity contribution is 9.10. The van der Waals surface area contributed by atoms with Gasteiger partial charge in [0.1, 0.15) is 5.75 Å². The number of hydrogen-bond acceptors (Lipinski definition) is 2. The molecular weight excluding hydrogens is 290 g/mol. The van der Waals surface area contributed by atoms with Crippen molar-refractivity contribution in [3.05, 3.63) is 52.6 Å². The maximum atomic E-state index is 5.79. The number of ether oxygens (including phenoxy) is 1. The summed E-state index contributed by atoms with van der Waals surface area (Å²) in [7, 11) is 0. The third-order valence-corrected chi connectivity index (χ3v) is 3.24. The van der Waals surface area contributed by atoms with E-state index >= 15 is 0 Å². The molecule has 0 N–H and O–H groups in total. The maximum absolute atomic E-state index is 5.79. The predicted octanol–water partition coefficient (Wildman–Crippen LogP) is 4.93. The Balaban J connectivity index is 2.28. The number of halogens is 1. The van der Waals surface area contributed by atoms with Crippen LogP contribution in [0.3, 0.4) is 0 Å². The topological polar surface area (TPSA) is 22.1 Å². The highest BCUT2D eigenvalue weighted by atomic mass is 79.9. The van der Waals surface area contributed by atoms with Crippen molar-refractivity contribution in [1.29, 1.82) is 0 Å². The number of aromatic nitrogens is 1. The average molecular weight is 306 g/mol. The van der Waals surface area contributed by atoms with Gasteiger partial charge in [-0.1, -0.05) is 32.9 Å². The fourth-order valence-corrected chi connectivity index (χ4v) is 1.92. The van der Waals surface area contributed by atoms with Gasteiger partial charge in [0.05, 0.1) is 4.47 Å². The van der Waals surface area contributed by atoms with Gasteiger partial charge in [0.15, 0.2) is 0 Å². The molecule has 0 aliphatic heterocycles. The van der Waals surface area contributed by atoms with Crippen molar-refractivity contribution in [3.63, 3.8) is 0 Å². The van der Waals surface area contributed by atoms with Crippen LogP contribution in [0.25, 0.3) is 0 Å². The quantitative estimate of drug-likeness (QED) is 0.784. The van der Waals surface area contributed by atoms with Crippen LogP contribution in [-0.4, -0.2) is 4.98 Å². The van der Waals surface area contributed by atoms with Gasteiger partial charge < -0.3 is 4.74 Å². The lowest BCUT2D eigenvalue weighted by atomic mass is 9.87. The Morgan fingerprint density at radius 2 is 1.89 bits per heavy atom. The molecule has 0 aliphatic carbocycles. The lowest BCUT2D eigenvalue weighted by molar-refractivity contribution is 0.456. The Bertz CT molecular complexity index is 546. The second-order valence-electron chi connectivity index (χ2n) is 5.17. The standard InChI is InChI=1S/C15H16BrNO/c1-15(2,3)11-6-4-7-12(10-11)18-14-13(16)8-5-9-17-14/h4-10H,1-3H3. The van der Waals surface area contributed by atoms with Crippen LogP contribution >= 0.6 is 15.9 Å². The van der Waals surface area contributed by atoms with Crippen LogP contribution in [0.4, 0.5) is 0 Å². The summed E-state index contributed by atoms with van der Waals surface area (Å²) in [6.07, 6.45) is 1.72. The van der Waals surface area contributed by atoms with Gasteiger partial charge in [-0.2, -0.15) is 0 Å². The van der Waals surface area contributed by atoms with Crippen molar-refractivity contribution in [2.45, 2.75) is 26.2 Å². The summed E-state index contributed by atoms with van der Waals surface area (Å²) in [6.45, 7) is 6.55. The zero-order chi connectivity index (χ0) is 13.2. The van der Waals surface area contributed by atoms with Crippen LogP contribution in [0.1, 0.15) is 26.3 Å². The van der Waals surface area contributed by atoms with Gasteiger partial charge in [-0.25, -0.2) is 4.98 Å². The molecule has 0 unspecified atom stereocenters. The minimum atomic E-state index is 0.112. The number of benzene rings is 1. The number of rotatable bonds is 2. The molecule has 1 heterocycles. The molecule has 0 radical (unpaired) electrons. The summed E-state index contributed by atoms with van der Waals surface area (Å²) < 4.78 is 6.64. The van der Waals surface area contributed by atoms with Crippen LogP contribution in [0.2, 0.25) is 0 Å². The van der Waals surface area contributed by atoms with Crippen molar-refractivity contribution < 1.29 is 4.74 Å². The van der Waals surface area contributed by atoms with E-state index in [1.807, 2.05) is 24.3 Å². The van der Waals surface area contributed by atoms with E-state index < -0.39 is 0 Å². The van der Waals surface area contributed by atoms with Crippen LogP contribution < -0.4 is 4.74 Å². The van der Waals surface area contributed by atoms with Crippen LogP contribution in [0.15, 0.2) is 47.1 Å². The second kappa shape index (κ2) is 5.11. The molecule has 0 aliphatic rings. The number of pyridine rings is 1. The molecule has 1 aromatic carbocycles. The number of nitrogens with zero attached hydrogens (tertiary/aromatic N) is 1. The fourth-order valence-electron chi connectivity index (χ4n) is 1.58. The van der Waals surface area contributed by atoms with E-state index in [4.69, 9.17) is 4.74 Å². The van der Waals surface area contributed by atoms with Crippen LogP contribution in [-0.2, 0) is 5.41 Å². The molecule has 18 heavy (non-hydrogen) atoms. The molecular formula is C15H16BrNO. The Hall–Kier alpha value is -1.35. The summed E-state index contributed by atoms with van der Waals surface area (Å²) in [6, 6.07) is 11.9. The molecule has 0 saturated heterocycles. The lowest BCUT2D eigenvalue weighted by Crippen LogP contribution is -2.10. The molecule has 0 atom stereocenters. The first-order valence-electron chi connectivity index (χ1n) is 5.86. The molecule has 2 aromatic rings. The molecule has 0 amide bonds. The third-order valence-electron chi connectivity index (χ3n) is 2.64.